The first-order valence-electron chi connectivity index (χ1n) is 7.05. The van der Waals surface area contributed by atoms with Gasteiger partial charge in [0.25, 0.3) is 0 Å². The van der Waals surface area contributed by atoms with Crippen LogP contribution in [0.3, 0.4) is 0 Å². The zero-order chi connectivity index (χ0) is 14.0. The minimum atomic E-state index is -0.0690. The molecule has 1 heteroatoms. The summed E-state index contributed by atoms with van der Waals surface area (Å²) in [5.41, 5.74) is 3.41. The van der Waals surface area contributed by atoms with E-state index in [0.717, 1.165) is 18.4 Å². The van der Waals surface area contributed by atoms with E-state index in [1.165, 1.54) is 11.1 Å². The summed E-state index contributed by atoms with van der Waals surface area (Å²) in [6.07, 6.45) is 5.71. The highest BCUT2D eigenvalue weighted by molar-refractivity contribution is 5.99. The van der Waals surface area contributed by atoms with Crippen LogP contribution < -0.4 is 0 Å². The number of allylic oxidation sites excluding steroid dienone is 1. The summed E-state index contributed by atoms with van der Waals surface area (Å²) >= 11 is 0. The normalized spacial score (nSPS) is 16.2. The second-order valence-electron chi connectivity index (χ2n) is 5.75. The van der Waals surface area contributed by atoms with Gasteiger partial charge in [0.2, 0.25) is 0 Å². The molecular weight excluding hydrogens is 244 g/mol. The molecule has 1 saturated carbocycles. The highest BCUT2D eigenvalue weighted by Gasteiger charge is 2.42. The third-order valence-electron chi connectivity index (χ3n) is 4.04. The highest BCUT2D eigenvalue weighted by atomic mass is 16.1. The van der Waals surface area contributed by atoms with E-state index < -0.39 is 0 Å². The van der Waals surface area contributed by atoms with Crippen molar-refractivity contribution in [3.63, 3.8) is 0 Å². The molecule has 1 nitrogen and oxygen atoms in total. The molecule has 0 amide bonds. The Morgan fingerprint density at radius 2 is 1.55 bits per heavy atom. The fourth-order valence-electron chi connectivity index (χ4n) is 2.22. The maximum atomic E-state index is 11.9. The standard InChI is InChI=1S/C19H18O/c1-19(13-14-19)18(20)12-9-15-7-10-17(11-8-15)16-5-3-2-4-6-16/h2-12H,13-14H2,1H3/b12-9+. The average Bonchev–Trinajstić information content (AvgIpc) is 3.25. The molecule has 100 valence electrons. The van der Waals surface area contributed by atoms with Gasteiger partial charge in [-0.1, -0.05) is 67.6 Å². The lowest BCUT2D eigenvalue weighted by Gasteiger charge is -2.03. The van der Waals surface area contributed by atoms with E-state index in [1.807, 2.05) is 31.2 Å². The number of hydrogen-bond acceptors (Lipinski definition) is 1. The molecule has 3 rings (SSSR count). The Kier molecular flexibility index (Phi) is 3.27. The van der Waals surface area contributed by atoms with Crippen molar-refractivity contribution in [2.75, 3.05) is 0 Å². The van der Waals surface area contributed by atoms with Crippen LogP contribution in [0.5, 0.6) is 0 Å². The van der Waals surface area contributed by atoms with Crippen LogP contribution in [0.15, 0.2) is 60.7 Å². The van der Waals surface area contributed by atoms with E-state index in [2.05, 4.69) is 36.4 Å². The second kappa shape index (κ2) is 5.09. The smallest absolute Gasteiger partial charge is 0.161 e. The fraction of sp³-hybridized carbons (Fsp3) is 0.211. The summed E-state index contributed by atoms with van der Waals surface area (Å²) in [6, 6.07) is 18.6. The minimum absolute atomic E-state index is 0.0690. The molecule has 1 fully saturated rings. The quantitative estimate of drug-likeness (QED) is 0.728. The van der Waals surface area contributed by atoms with Gasteiger partial charge in [-0.3, -0.25) is 4.79 Å². The molecule has 2 aromatic rings. The molecule has 0 atom stereocenters. The Balaban J connectivity index is 1.73. The zero-order valence-corrected chi connectivity index (χ0v) is 11.7. The van der Waals surface area contributed by atoms with Crippen LogP contribution >= 0.6 is 0 Å². The molecule has 0 unspecified atom stereocenters. The molecule has 0 spiro atoms. The maximum Gasteiger partial charge on any atom is 0.161 e. The van der Waals surface area contributed by atoms with Gasteiger partial charge in [-0.05, 0) is 35.6 Å². The summed E-state index contributed by atoms with van der Waals surface area (Å²) in [5, 5.41) is 0. The molecule has 1 aliphatic carbocycles. The van der Waals surface area contributed by atoms with Crippen LogP contribution in [0.25, 0.3) is 17.2 Å². The molecule has 0 aromatic heterocycles. The van der Waals surface area contributed by atoms with Gasteiger partial charge in [0.05, 0.1) is 0 Å². The summed E-state index contributed by atoms with van der Waals surface area (Å²) in [5.74, 6) is 0.254. The Hall–Kier alpha value is -2.15. The third-order valence-corrected chi connectivity index (χ3v) is 4.04. The molecule has 0 saturated heterocycles. The predicted octanol–water partition coefficient (Wildman–Crippen LogP) is 4.74. The van der Waals surface area contributed by atoms with Crippen LogP contribution in [0.4, 0.5) is 0 Å². The van der Waals surface area contributed by atoms with Crippen molar-refractivity contribution in [1.29, 1.82) is 0 Å². The molecule has 0 heterocycles. The van der Waals surface area contributed by atoms with E-state index >= 15 is 0 Å². The molecule has 20 heavy (non-hydrogen) atoms. The van der Waals surface area contributed by atoms with Gasteiger partial charge in [-0.2, -0.15) is 0 Å². The topological polar surface area (TPSA) is 17.1 Å². The molecular formula is C19H18O. The van der Waals surface area contributed by atoms with Crippen molar-refractivity contribution in [2.45, 2.75) is 19.8 Å². The van der Waals surface area contributed by atoms with Crippen LogP contribution in [0, 0.1) is 5.41 Å². The van der Waals surface area contributed by atoms with Gasteiger partial charge in [0, 0.05) is 5.41 Å². The lowest BCUT2D eigenvalue weighted by molar-refractivity contribution is -0.118. The minimum Gasteiger partial charge on any atom is -0.294 e. The first kappa shape index (κ1) is 12.9. The second-order valence-corrected chi connectivity index (χ2v) is 5.75. The highest BCUT2D eigenvalue weighted by Crippen LogP contribution is 2.46. The molecule has 0 bridgehead atoms. The van der Waals surface area contributed by atoms with Gasteiger partial charge in [-0.15, -0.1) is 0 Å². The van der Waals surface area contributed by atoms with Gasteiger partial charge >= 0.3 is 0 Å². The van der Waals surface area contributed by atoms with Crippen molar-refractivity contribution < 1.29 is 4.79 Å². The van der Waals surface area contributed by atoms with Crippen LogP contribution in [-0.2, 0) is 4.79 Å². The Bertz CT molecular complexity index is 631. The number of hydrogen-bond donors (Lipinski definition) is 0. The van der Waals surface area contributed by atoms with Crippen molar-refractivity contribution in [3.8, 4) is 11.1 Å². The van der Waals surface area contributed by atoms with Gasteiger partial charge in [0.1, 0.15) is 0 Å². The Labute approximate surface area is 120 Å². The SMILES string of the molecule is CC1(C(=O)/C=C/c2ccc(-c3ccccc3)cc2)CC1. The van der Waals surface area contributed by atoms with Crippen molar-refractivity contribution >= 4 is 11.9 Å². The molecule has 0 aliphatic heterocycles. The molecule has 1 aliphatic rings. The van der Waals surface area contributed by atoms with Gasteiger partial charge < -0.3 is 0 Å². The number of benzene rings is 2. The van der Waals surface area contributed by atoms with E-state index in [4.69, 9.17) is 0 Å². The number of carbonyl (C=O) groups is 1. The molecule has 2 aromatic carbocycles. The first-order chi connectivity index (χ1) is 9.67. The van der Waals surface area contributed by atoms with Gasteiger partial charge in [-0.25, -0.2) is 0 Å². The Morgan fingerprint density at radius 3 is 2.15 bits per heavy atom. The van der Waals surface area contributed by atoms with Crippen LogP contribution in [0.2, 0.25) is 0 Å². The summed E-state index contributed by atoms with van der Waals surface area (Å²) in [7, 11) is 0. The van der Waals surface area contributed by atoms with Crippen molar-refractivity contribution in [2.24, 2.45) is 5.41 Å². The summed E-state index contributed by atoms with van der Waals surface area (Å²) in [6.45, 7) is 2.04. The number of ketones is 1. The number of rotatable bonds is 4. The van der Waals surface area contributed by atoms with E-state index in [0.29, 0.717) is 0 Å². The first-order valence-corrected chi connectivity index (χ1v) is 7.05. The monoisotopic (exact) mass is 262 g/mol. The Morgan fingerprint density at radius 1 is 0.950 bits per heavy atom. The van der Waals surface area contributed by atoms with E-state index in [1.54, 1.807) is 6.08 Å². The zero-order valence-electron chi connectivity index (χ0n) is 11.7. The predicted molar refractivity (Wildman–Crippen MR) is 83.3 cm³/mol. The van der Waals surface area contributed by atoms with Crippen LogP contribution in [-0.4, -0.2) is 5.78 Å². The third kappa shape index (κ3) is 2.72. The summed E-state index contributed by atoms with van der Waals surface area (Å²) < 4.78 is 0. The van der Waals surface area contributed by atoms with Crippen molar-refractivity contribution in [1.82, 2.24) is 0 Å². The lowest BCUT2D eigenvalue weighted by Crippen LogP contribution is -2.07. The lowest BCUT2D eigenvalue weighted by atomic mass is 10.0. The van der Waals surface area contributed by atoms with Gasteiger partial charge in [0.15, 0.2) is 5.78 Å². The fourth-order valence-corrected chi connectivity index (χ4v) is 2.22. The average molecular weight is 262 g/mol. The summed E-state index contributed by atoms with van der Waals surface area (Å²) in [4.78, 5) is 11.9. The maximum absolute atomic E-state index is 11.9. The number of carbonyl (C=O) groups excluding carboxylic acids is 1. The van der Waals surface area contributed by atoms with Crippen molar-refractivity contribution in [3.05, 3.63) is 66.2 Å². The molecule has 0 radical (unpaired) electrons. The van der Waals surface area contributed by atoms with Crippen LogP contribution in [0.1, 0.15) is 25.3 Å². The largest absolute Gasteiger partial charge is 0.294 e. The molecule has 0 N–H and O–H groups in total. The van der Waals surface area contributed by atoms with E-state index in [-0.39, 0.29) is 11.2 Å². The van der Waals surface area contributed by atoms with E-state index in [9.17, 15) is 4.79 Å².